The number of anilines is 5. The van der Waals surface area contributed by atoms with E-state index in [-0.39, 0.29) is 0 Å². The highest BCUT2D eigenvalue weighted by molar-refractivity contribution is 5.98. The second kappa shape index (κ2) is 15.4. The minimum atomic E-state index is 0.539. The molecule has 0 spiro atoms. The molecule has 6 aromatic carbocycles. The first kappa shape index (κ1) is 32.4. The molecular formula is C46H48N3+. The van der Waals surface area contributed by atoms with Gasteiger partial charge in [-0.1, -0.05) is 74.2 Å². The fourth-order valence-electron chi connectivity index (χ4n) is 7.62. The van der Waals surface area contributed by atoms with Gasteiger partial charge in [0.05, 0.1) is 39.7 Å². The molecule has 0 heterocycles. The molecule has 7 rings (SSSR count). The summed E-state index contributed by atoms with van der Waals surface area (Å²) in [5, 5.41) is 6.54. The molecule has 0 radical (unpaired) electrons. The zero-order valence-corrected chi connectivity index (χ0v) is 29.0. The maximum absolute atomic E-state index is 3.97. The number of fused-ring (bicyclic) bond motifs is 1. The SMILES string of the molecule is CCN(c1ccccc1)c1ccc([C+](c2ccc(N(CC)c3ccccc3)cc2)c2ccc(NC3CCCCCC3)c3ccccc23)cc1. The van der Waals surface area contributed by atoms with Gasteiger partial charge in [0.2, 0.25) is 0 Å². The first-order valence-electron chi connectivity index (χ1n) is 18.2. The van der Waals surface area contributed by atoms with Crippen molar-refractivity contribution in [2.75, 3.05) is 28.2 Å². The van der Waals surface area contributed by atoms with Gasteiger partial charge in [-0.3, -0.25) is 0 Å². The Morgan fingerprint density at radius 2 is 0.939 bits per heavy atom. The molecule has 1 aliphatic rings. The smallest absolute Gasteiger partial charge is 0.0638 e. The van der Waals surface area contributed by atoms with E-state index >= 15 is 0 Å². The molecule has 49 heavy (non-hydrogen) atoms. The Hall–Kier alpha value is -5.15. The molecule has 0 bridgehead atoms. The summed E-state index contributed by atoms with van der Waals surface area (Å²) in [6.45, 7) is 6.23. The van der Waals surface area contributed by atoms with Crippen LogP contribution in [0.5, 0.6) is 0 Å². The molecule has 1 N–H and O–H groups in total. The molecule has 3 nitrogen and oxygen atoms in total. The van der Waals surface area contributed by atoms with Crippen LogP contribution < -0.4 is 15.1 Å². The van der Waals surface area contributed by atoms with Crippen molar-refractivity contribution in [2.24, 2.45) is 0 Å². The van der Waals surface area contributed by atoms with Crippen LogP contribution in [0.1, 0.15) is 69.1 Å². The van der Waals surface area contributed by atoms with Crippen molar-refractivity contribution in [3.05, 3.63) is 168 Å². The molecule has 0 amide bonds. The molecule has 0 aliphatic heterocycles. The van der Waals surface area contributed by atoms with E-state index in [1.54, 1.807) is 0 Å². The second-order valence-electron chi connectivity index (χ2n) is 13.2. The third-order valence-electron chi connectivity index (χ3n) is 10.1. The maximum atomic E-state index is 3.97. The van der Waals surface area contributed by atoms with Crippen molar-refractivity contribution >= 4 is 39.2 Å². The van der Waals surface area contributed by atoms with Crippen LogP contribution in [0.4, 0.5) is 28.4 Å². The fourth-order valence-corrected chi connectivity index (χ4v) is 7.62. The van der Waals surface area contributed by atoms with E-state index in [9.17, 15) is 0 Å². The van der Waals surface area contributed by atoms with Gasteiger partial charge in [0, 0.05) is 41.3 Å². The fraction of sp³-hybridized carbons (Fsp3) is 0.239. The van der Waals surface area contributed by atoms with Crippen molar-refractivity contribution in [1.29, 1.82) is 0 Å². The van der Waals surface area contributed by atoms with Gasteiger partial charge in [0.15, 0.2) is 0 Å². The molecule has 0 atom stereocenters. The van der Waals surface area contributed by atoms with E-state index in [1.165, 1.54) is 100 Å². The van der Waals surface area contributed by atoms with E-state index in [4.69, 9.17) is 0 Å². The van der Waals surface area contributed by atoms with E-state index in [0.717, 1.165) is 13.1 Å². The minimum absolute atomic E-state index is 0.539. The lowest BCUT2D eigenvalue weighted by Gasteiger charge is -2.25. The third kappa shape index (κ3) is 7.17. The molecule has 0 unspecified atom stereocenters. The summed E-state index contributed by atoms with van der Waals surface area (Å²) in [4.78, 5) is 4.73. The predicted molar refractivity (Wildman–Crippen MR) is 211 cm³/mol. The summed E-state index contributed by atoms with van der Waals surface area (Å²) < 4.78 is 0. The number of benzene rings is 6. The molecule has 1 saturated carbocycles. The van der Waals surface area contributed by atoms with Crippen LogP contribution in [-0.4, -0.2) is 19.1 Å². The van der Waals surface area contributed by atoms with Crippen LogP contribution in [-0.2, 0) is 0 Å². The number of para-hydroxylation sites is 2. The zero-order valence-electron chi connectivity index (χ0n) is 29.0. The van der Waals surface area contributed by atoms with Gasteiger partial charge in [-0.25, -0.2) is 0 Å². The Morgan fingerprint density at radius 3 is 1.43 bits per heavy atom. The first-order chi connectivity index (χ1) is 24.2. The quantitative estimate of drug-likeness (QED) is 0.0862. The predicted octanol–water partition coefficient (Wildman–Crippen LogP) is 12.3. The Balaban J connectivity index is 1.30. The average molecular weight is 643 g/mol. The van der Waals surface area contributed by atoms with Crippen LogP contribution in [0.25, 0.3) is 10.8 Å². The van der Waals surface area contributed by atoms with Crippen LogP contribution >= 0.6 is 0 Å². The molecule has 1 fully saturated rings. The van der Waals surface area contributed by atoms with Gasteiger partial charge in [-0.2, -0.15) is 0 Å². The standard InChI is InChI=1S/C46H48N3/c1-3-48(38-19-11-7-12-20-38)40-29-25-35(26-30-40)46(36-27-31-41(32-28-36)49(4-2)39-21-13-8-14-22-39)44-33-34-45(43-24-16-15-23-42(43)44)47-37-17-9-5-6-10-18-37/h7-8,11-16,19-34,37,47H,3-6,9-10,17-18H2,1-2H3/q+1. The van der Waals surface area contributed by atoms with Crippen LogP contribution in [0.3, 0.4) is 0 Å². The number of rotatable bonds is 11. The molecule has 246 valence electrons. The second-order valence-corrected chi connectivity index (χ2v) is 13.2. The van der Waals surface area contributed by atoms with E-state index in [0.29, 0.717) is 6.04 Å². The molecule has 0 saturated heterocycles. The van der Waals surface area contributed by atoms with Crippen LogP contribution in [0.2, 0.25) is 0 Å². The number of nitrogens with zero attached hydrogens (tertiary/aromatic N) is 2. The highest BCUT2D eigenvalue weighted by Gasteiger charge is 2.27. The van der Waals surface area contributed by atoms with Gasteiger partial charge in [0.1, 0.15) is 0 Å². The first-order valence-corrected chi connectivity index (χ1v) is 18.2. The van der Waals surface area contributed by atoms with Crippen molar-refractivity contribution in [3.8, 4) is 0 Å². The molecule has 6 aromatic rings. The number of hydrogen-bond donors (Lipinski definition) is 1. The largest absolute Gasteiger partial charge is 0.381 e. The lowest BCUT2D eigenvalue weighted by molar-refractivity contribution is 0.620. The Kier molecular flexibility index (Phi) is 10.2. The van der Waals surface area contributed by atoms with E-state index in [2.05, 4.69) is 175 Å². The van der Waals surface area contributed by atoms with Gasteiger partial charge < -0.3 is 15.1 Å². The van der Waals surface area contributed by atoms with Gasteiger partial charge in [0.25, 0.3) is 0 Å². The lowest BCUT2D eigenvalue weighted by atomic mass is 9.82. The summed E-state index contributed by atoms with van der Waals surface area (Å²) in [5.74, 6) is 1.25. The summed E-state index contributed by atoms with van der Waals surface area (Å²) >= 11 is 0. The zero-order chi connectivity index (χ0) is 33.4. The molecular weight excluding hydrogens is 595 g/mol. The Labute approximate surface area is 293 Å². The maximum Gasteiger partial charge on any atom is 0.0638 e. The third-order valence-corrected chi connectivity index (χ3v) is 10.1. The van der Waals surface area contributed by atoms with Crippen LogP contribution in [0.15, 0.2) is 146 Å². The van der Waals surface area contributed by atoms with Gasteiger partial charge in [-0.15, -0.1) is 0 Å². The van der Waals surface area contributed by atoms with E-state index in [1.807, 2.05) is 0 Å². The van der Waals surface area contributed by atoms with Crippen LogP contribution in [0, 0.1) is 5.92 Å². The molecule has 0 aromatic heterocycles. The Bertz CT molecular complexity index is 1820. The van der Waals surface area contributed by atoms with Crippen molar-refractivity contribution < 1.29 is 0 Å². The normalized spacial score (nSPS) is 13.5. The number of hydrogen-bond acceptors (Lipinski definition) is 3. The molecule has 1 aliphatic carbocycles. The average Bonchev–Trinajstić information content (AvgIpc) is 3.44. The van der Waals surface area contributed by atoms with Crippen molar-refractivity contribution in [3.63, 3.8) is 0 Å². The monoisotopic (exact) mass is 642 g/mol. The van der Waals surface area contributed by atoms with Crippen molar-refractivity contribution in [2.45, 2.75) is 58.4 Å². The topological polar surface area (TPSA) is 18.5 Å². The van der Waals surface area contributed by atoms with E-state index < -0.39 is 0 Å². The highest BCUT2D eigenvalue weighted by Crippen LogP contribution is 2.40. The lowest BCUT2D eigenvalue weighted by Crippen LogP contribution is -2.18. The summed E-state index contributed by atoms with van der Waals surface area (Å²) in [6.07, 6.45) is 7.85. The summed E-state index contributed by atoms with van der Waals surface area (Å²) in [5.41, 5.74) is 9.74. The van der Waals surface area contributed by atoms with Gasteiger partial charge in [-0.05, 0) is 124 Å². The molecule has 3 heteroatoms. The van der Waals surface area contributed by atoms with Crippen molar-refractivity contribution in [1.82, 2.24) is 0 Å². The Morgan fingerprint density at radius 1 is 0.490 bits per heavy atom. The number of nitrogens with one attached hydrogen (secondary N) is 1. The minimum Gasteiger partial charge on any atom is -0.381 e. The summed E-state index contributed by atoms with van der Waals surface area (Å²) in [7, 11) is 0. The highest BCUT2D eigenvalue weighted by atomic mass is 15.1. The van der Waals surface area contributed by atoms with Gasteiger partial charge >= 0.3 is 0 Å². The summed E-state index contributed by atoms with van der Waals surface area (Å²) in [6, 6.07) is 53.8.